The summed E-state index contributed by atoms with van der Waals surface area (Å²) in [5, 5.41) is 7.43. The molecule has 0 saturated heterocycles. The molecule has 3 aromatic carbocycles. The average molecular weight is 486 g/mol. The molecule has 0 fully saturated rings. The van der Waals surface area contributed by atoms with Crippen LogP contribution in [0.1, 0.15) is 32.9 Å². The first kappa shape index (κ1) is 22.5. The molecule has 6 rings (SSSR count). The molecule has 7 heteroatoms. The third kappa shape index (κ3) is 4.21. The van der Waals surface area contributed by atoms with Crippen molar-refractivity contribution >= 4 is 23.0 Å². The Morgan fingerprint density at radius 1 is 0.865 bits per heavy atom. The third-order valence-corrected chi connectivity index (χ3v) is 6.39. The molecule has 0 unspecified atom stereocenters. The Balaban J connectivity index is 1.45. The van der Waals surface area contributed by atoms with Crippen LogP contribution in [0.4, 0.5) is 0 Å². The van der Waals surface area contributed by atoms with E-state index in [4.69, 9.17) is 4.99 Å². The summed E-state index contributed by atoms with van der Waals surface area (Å²) in [6.45, 7) is 1.85. The second kappa shape index (κ2) is 9.28. The van der Waals surface area contributed by atoms with Crippen molar-refractivity contribution < 1.29 is 9.59 Å². The molecule has 37 heavy (non-hydrogen) atoms. The molecular formula is C30H23N5O2. The molecule has 1 atom stereocenters. The van der Waals surface area contributed by atoms with Crippen molar-refractivity contribution in [2.24, 2.45) is 4.99 Å². The predicted molar refractivity (Wildman–Crippen MR) is 142 cm³/mol. The Morgan fingerprint density at radius 3 is 2.30 bits per heavy atom. The lowest BCUT2D eigenvalue weighted by molar-refractivity contribution is -0.120. The van der Waals surface area contributed by atoms with Gasteiger partial charge in [-0.05, 0) is 24.6 Å². The fraction of sp³-hybridized carbons (Fsp3) is 0.100. The van der Waals surface area contributed by atoms with Crippen LogP contribution in [0.25, 0.3) is 16.9 Å². The maximum atomic E-state index is 13.8. The first-order valence-corrected chi connectivity index (χ1v) is 12.1. The number of rotatable bonds is 4. The summed E-state index contributed by atoms with van der Waals surface area (Å²) in [6, 6.07) is 30.6. The van der Waals surface area contributed by atoms with Crippen molar-refractivity contribution in [1.29, 1.82) is 0 Å². The topological polar surface area (TPSA) is 88.7 Å². The second-order valence-electron chi connectivity index (χ2n) is 8.94. The van der Waals surface area contributed by atoms with Gasteiger partial charge in [-0.3, -0.25) is 14.6 Å². The van der Waals surface area contributed by atoms with Gasteiger partial charge in [0.1, 0.15) is 5.69 Å². The molecule has 1 amide bonds. The first-order valence-electron chi connectivity index (χ1n) is 12.1. The van der Waals surface area contributed by atoms with Crippen LogP contribution in [0.15, 0.2) is 102 Å². The van der Waals surface area contributed by atoms with Crippen LogP contribution in [0, 0.1) is 6.92 Å². The summed E-state index contributed by atoms with van der Waals surface area (Å²) in [4.78, 5) is 36.7. The van der Waals surface area contributed by atoms with E-state index in [0.717, 1.165) is 27.9 Å². The Kier molecular flexibility index (Phi) is 5.65. The summed E-state index contributed by atoms with van der Waals surface area (Å²) < 4.78 is 1.53. The van der Waals surface area contributed by atoms with Crippen LogP contribution in [0.5, 0.6) is 0 Å². The van der Waals surface area contributed by atoms with Crippen LogP contribution < -0.4 is 5.32 Å². The SMILES string of the molecule is Cc1ccc2nc(-c3ccccc3)c(C(=O)N[C@H]3N=C(c4ccccc4)c4ccccc4CC3=O)n2n1. The van der Waals surface area contributed by atoms with Crippen molar-refractivity contribution in [3.63, 3.8) is 0 Å². The van der Waals surface area contributed by atoms with Crippen LogP contribution in [0.2, 0.25) is 0 Å². The molecule has 2 aromatic heterocycles. The maximum absolute atomic E-state index is 13.8. The van der Waals surface area contributed by atoms with E-state index >= 15 is 0 Å². The smallest absolute Gasteiger partial charge is 0.274 e. The zero-order chi connectivity index (χ0) is 25.4. The van der Waals surface area contributed by atoms with Gasteiger partial charge in [0.2, 0.25) is 0 Å². The molecule has 7 nitrogen and oxygen atoms in total. The number of nitrogens with zero attached hydrogens (tertiary/aromatic N) is 4. The van der Waals surface area contributed by atoms with Gasteiger partial charge in [-0.25, -0.2) is 9.50 Å². The van der Waals surface area contributed by atoms with Crippen LogP contribution in [-0.2, 0) is 11.2 Å². The minimum Gasteiger partial charge on any atom is -0.323 e. The van der Waals surface area contributed by atoms with Crippen molar-refractivity contribution in [2.45, 2.75) is 19.5 Å². The Labute approximate surface area is 213 Å². The summed E-state index contributed by atoms with van der Waals surface area (Å²) in [7, 11) is 0. The highest BCUT2D eigenvalue weighted by Gasteiger charge is 2.30. The number of hydrogen-bond donors (Lipinski definition) is 1. The van der Waals surface area contributed by atoms with Crippen LogP contribution in [-0.4, -0.2) is 38.2 Å². The third-order valence-electron chi connectivity index (χ3n) is 6.39. The molecule has 1 aliphatic rings. The van der Waals surface area contributed by atoms with Crippen LogP contribution >= 0.6 is 0 Å². The van der Waals surface area contributed by atoms with E-state index in [1.807, 2.05) is 104 Å². The Morgan fingerprint density at radius 2 is 1.54 bits per heavy atom. The van der Waals surface area contributed by atoms with E-state index in [-0.39, 0.29) is 17.9 Å². The van der Waals surface area contributed by atoms with E-state index in [9.17, 15) is 9.59 Å². The standard InChI is InChI=1S/C30H23N5O2/c1-19-16-17-25-31-27(21-12-6-3-7-13-21)28(35(25)34-19)30(37)33-29-24(36)18-22-14-8-9-15-23(22)26(32-29)20-10-4-2-5-11-20/h2-17,29H,18H2,1H3,(H,33,37)/t29-/m1/s1. The normalized spacial score (nSPS) is 15.1. The lowest BCUT2D eigenvalue weighted by atomic mass is 9.96. The number of carbonyl (C=O) groups excluding carboxylic acids is 2. The lowest BCUT2D eigenvalue weighted by Gasteiger charge is -2.14. The number of Topliss-reactive ketones (excluding diaryl/α,β-unsaturated/α-hetero) is 1. The van der Waals surface area contributed by atoms with Crippen molar-refractivity contribution in [1.82, 2.24) is 19.9 Å². The predicted octanol–water partition coefficient (Wildman–Crippen LogP) is 4.42. The van der Waals surface area contributed by atoms with E-state index < -0.39 is 12.1 Å². The number of benzene rings is 3. The van der Waals surface area contributed by atoms with E-state index in [2.05, 4.69) is 15.4 Å². The highest BCUT2D eigenvalue weighted by molar-refractivity contribution is 6.16. The molecule has 0 saturated carbocycles. The van der Waals surface area contributed by atoms with Gasteiger partial charge in [0.05, 0.1) is 11.4 Å². The maximum Gasteiger partial charge on any atom is 0.274 e. The van der Waals surface area contributed by atoms with E-state index in [0.29, 0.717) is 17.1 Å². The molecule has 1 N–H and O–H groups in total. The highest BCUT2D eigenvalue weighted by Crippen LogP contribution is 2.25. The Bertz CT molecular complexity index is 1670. The number of aromatic nitrogens is 3. The molecule has 5 aromatic rings. The van der Waals surface area contributed by atoms with Gasteiger partial charge in [0.25, 0.3) is 5.91 Å². The molecule has 0 aliphatic carbocycles. The molecule has 0 radical (unpaired) electrons. The molecule has 0 bridgehead atoms. The largest absolute Gasteiger partial charge is 0.323 e. The van der Waals surface area contributed by atoms with E-state index in [1.54, 1.807) is 0 Å². The number of amides is 1. The van der Waals surface area contributed by atoms with Gasteiger partial charge >= 0.3 is 0 Å². The number of carbonyl (C=O) groups is 2. The zero-order valence-corrected chi connectivity index (χ0v) is 20.1. The molecule has 1 aliphatic heterocycles. The van der Waals surface area contributed by atoms with Gasteiger partial charge in [-0.2, -0.15) is 5.10 Å². The summed E-state index contributed by atoms with van der Waals surface area (Å²) in [5.74, 6) is -0.657. The lowest BCUT2D eigenvalue weighted by Crippen LogP contribution is -2.41. The highest BCUT2D eigenvalue weighted by atomic mass is 16.2. The fourth-order valence-electron chi connectivity index (χ4n) is 4.62. The summed E-state index contributed by atoms with van der Waals surface area (Å²) in [5.41, 5.74) is 6.13. The van der Waals surface area contributed by atoms with Gasteiger partial charge in [-0.15, -0.1) is 0 Å². The number of ketones is 1. The van der Waals surface area contributed by atoms with Crippen molar-refractivity contribution in [3.8, 4) is 11.3 Å². The fourth-order valence-corrected chi connectivity index (χ4v) is 4.62. The van der Waals surface area contributed by atoms with Gasteiger partial charge in [0, 0.05) is 23.1 Å². The van der Waals surface area contributed by atoms with Gasteiger partial charge in [0.15, 0.2) is 23.3 Å². The number of aliphatic imine (C=N–C) groups is 1. The second-order valence-corrected chi connectivity index (χ2v) is 8.94. The molecule has 180 valence electrons. The molecule has 3 heterocycles. The number of imidazole rings is 1. The van der Waals surface area contributed by atoms with Gasteiger partial charge < -0.3 is 5.32 Å². The monoisotopic (exact) mass is 485 g/mol. The minimum atomic E-state index is -1.06. The summed E-state index contributed by atoms with van der Waals surface area (Å²) >= 11 is 0. The van der Waals surface area contributed by atoms with Crippen molar-refractivity contribution in [3.05, 3.63) is 125 Å². The Hall–Kier alpha value is -4.91. The summed E-state index contributed by atoms with van der Waals surface area (Å²) in [6.07, 6.45) is -0.897. The first-order chi connectivity index (χ1) is 18.1. The van der Waals surface area contributed by atoms with Crippen molar-refractivity contribution in [2.75, 3.05) is 0 Å². The van der Waals surface area contributed by atoms with E-state index in [1.165, 1.54) is 4.52 Å². The van der Waals surface area contributed by atoms with Gasteiger partial charge in [-0.1, -0.05) is 84.9 Å². The molecule has 0 spiro atoms. The number of nitrogens with one attached hydrogen (secondary N) is 1. The number of hydrogen-bond acceptors (Lipinski definition) is 5. The average Bonchev–Trinajstić information content (AvgIpc) is 3.24. The minimum absolute atomic E-state index is 0.164. The quantitative estimate of drug-likeness (QED) is 0.408. The molecular weight excluding hydrogens is 462 g/mol. The number of fused-ring (bicyclic) bond motifs is 2. The number of aryl methyl sites for hydroxylation is 1. The van der Waals surface area contributed by atoms with Crippen LogP contribution in [0.3, 0.4) is 0 Å². The zero-order valence-electron chi connectivity index (χ0n) is 20.1.